The highest BCUT2D eigenvalue weighted by molar-refractivity contribution is 14.0. The van der Waals surface area contributed by atoms with Crippen molar-refractivity contribution in [2.45, 2.75) is 13.0 Å². The first-order valence-electron chi connectivity index (χ1n) is 8.24. The van der Waals surface area contributed by atoms with Crippen LogP contribution >= 0.6 is 24.0 Å². The number of aliphatic imine (C=N–C) groups is 1. The standard InChI is InChI=1S/C19H23N3O3.HI/c1-20-19(21-9-8-14-4-3-5-16(23)10-14)22(2)12-15-6-7-17-18(11-15)25-13-24-17;/h3-7,10-11,23H,8-9,12-13H2,1-2H3,(H,20,21);1H. The van der Waals surface area contributed by atoms with E-state index in [9.17, 15) is 5.11 Å². The average Bonchev–Trinajstić information content (AvgIpc) is 3.06. The smallest absolute Gasteiger partial charge is 0.231 e. The highest BCUT2D eigenvalue weighted by Crippen LogP contribution is 2.32. The molecule has 0 saturated heterocycles. The van der Waals surface area contributed by atoms with E-state index in [1.54, 1.807) is 19.2 Å². The maximum Gasteiger partial charge on any atom is 0.231 e. The van der Waals surface area contributed by atoms with Crippen molar-refractivity contribution in [2.24, 2.45) is 4.99 Å². The topological polar surface area (TPSA) is 66.3 Å². The van der Waals surface area contributed by atoms with Crippen LogP contribution in [-0.4, -0.2) is 43.4 Å². The molecule has 0 aromatic heterocycles. The molecular weight excluding hydrogens is 445 g/mol. The summed E-state index contributed by atoms with van der Waals surface area (Å²) >= 11 is 0. The Morgan fingerprint density at radius 3 is 2.73 bits per heavy atom. The van der Waals surface area contributed by atoms with Crippen molar-refractivity contribution in [3.8, 4) is 17.2 Å². The number of hydrogen-bond donors (Lipinski definition) is 2. The van der Waals surface area contributed by atoms with Gasteiger partial charge in [-0.05, 0) is 41.8 Å². The number of benzene rings is 2. The Balaban J connectivity index is 0.00000243. The summed E-state index contributed by atoms with van der Waals surface area (Å²) in [6.07, 6.45) is 0.811. The summed E-state index contributed by atoms with van der Waals surface area (Å²) in [5, 5.41) is 12.9. The third kappa shape index (κ3) is 5.17. The van der Waals surface area contributed by atoms with Crippen LogP contribution in [0.4, 0.5) is 0 Å². The Morgan fingerprint density at radius 2 is 1.96 bits per heavy atom. The molecule has 2 aromatic carbocycles. The zero-order chi connectivity index (χ0) is 17.6. The van der Waals surface area contributed by atoms with Gasteiger partial charge in [-0.15, -0.1) is 24.0 Å². The summed E-state index contributed by atoms with van der Waals surface area (Å²) < 4.78 is 10.8. The second-order valence-electron chi connectivity index (χ2n) is 5.94. The predicted molar refractivity (Wildman–Crippen MR) is 113 cm³/mol. The van der Waals surface area contributed by atoms with E-state index in [0.29, 0.717) is 12.3 Å². The van der Waals surface area contributed by atoms with E-state index in [4.69, 9.17) is 9.47 Å². The lowest BCUT2D eigenvalue weighted by atomic mass is 10.1. The van der Waals surface area contributed by atoms with Crippen LogP contribution in [-0.2, 0) is 13.0 Å². The maximum absolute atomic E-state index is 9.52. The summed E-state index contributed by atoms with van der Waals surface area (Å²) in [6.45, 7) is 1.73. The van der Waals surface area contributed by atoms with E-state index < -0.39 is 0 Å². The summed E-state index contributed by atoms with van der Waals surface area (Å²) in [5.74, 6) is 2.69. The van der Waals surface area contributed by atoms with Crippen LogP contribution in [0.5, 0.6) is 17.2 Å². The van der Waals surface area contributed by atoms with E-state index in [2.05, 4.69) is 15.2 Å². The van der Waals surface area contributed by atoms with Crippen molar-refractivity contribution >= 4 is 29.9 Å². The van der Waals surface area contributed by atoms with Gasteiger partial charge in [-0.1, -0.05) is 18.2 Å². The van der Waals surface area contributed by atoms with Gasteiger partial charge in [0, 0.05) is 27.2 Å². The summed E-state index contributed by atoms with van der Waals surface area (Å²) in [7, 11) is 3.76. The van der Waals surface area contributed by atoms with Crippen molar-refractivity contribution in [1.82, 2.24) is 10.2 Å². The lowest BCUT2D eigenvalue weighted by molar-refractivity contribution is 0.174. The van der Waals surface area contributed by atoms with Gasteiger partial charge in [-0.25, -0.2) is 0 Å². The normalized spacial score (nSPS) is 12.5. The predicted octanol–water partition coefficient (Wildman–Crippen LogP) is 2.99. The molecule has 1 heterocycles. The molecule has 3 rings (SSSR count). The minimum Gasteiger partial charge on any atom is -0.508 e. The zero-order valence-corrected chi connectivity index (χ0v) is 17.3. The van der Waals surface area contributed by atoms with E-state index in [0.717, 1.165) is 41.6 Å². The van der Waals surface area contributed by atoms with Crippen LogP contribution in [0.2, 0.25) is 0 Å². The zero-order valence-electron chi connectivity index (χ0n) is 14.9. The third-order valence-corrected chi connectivity index (χ3v) is 4.04. The van der Waals surface area contributed by atoms with Gasteiger partial charge in [0.15, 0.2) is 17.5 Å². The number of hydrogen-bond acceptors (Lipinski definition) is 4. The third-order valence-electron chi connectivity index (χ3n) is 4.04. The summed E-state index contributed by atoms with van der Waals surface area (Å²) in [4.78, 5) is 6.39. The van der Waals surface area contributed by atoms with Crippen molar-refractivity contribution in [3.05, 3.63) is 53.6 Å². The van der Waals surface area contributed by atoms with E-state index in [-0.39, 0.29) is 30.8 Å². The molecule has 0 aliphatic carbocycles. The van der Waals surface area contributed by atoms with Crippen molar-refractivity contribution in [1.29, 1.82) is 0 Å². The Bertz CT molecular complexity index is 767. The molecule has 0 amide bonds. The number of nitrogens with one attached hydrogen (secondary N) is 1. The lowest BCUT2D eigenvalue weighted by Gasteiger charge is -2.22. The molecule has 1 aliphatic rings. The number of halogens is 1. The highest BCUT2D eigenvalue weighted by Gasteiger charge is 2.14. The molecule has 0 spiro atoms. The quantitative estimate of drug-likeness (QED) is 0.401. The molecular formula is C19H24IN3O3. The van der Waals surface area contributed by atoms with Crippen molar-refractivity contribution in [3.63, 3.8) is 0 Å². The maximum atomic E-state index is 9.52. The number of guanidine groups is 1. The minimum absolute atomic E-state index is 0. The van der Waals surface area contributed by atoms with Crippen LogP contribution in [0, 0.1) is 0 Å². The monoisotopic (exact) mass is 469 g/mol. The fourth-order valence-corrected chi connectivity index (χ4v) is 2.80. The molecule has 1 aliphatic heterocycles. The van der Waals surface area contributed by atoms with Crippen LogP contribution in [0.15, 0.2) is 47.5 Å². The van der Waals surface area contributed by atoms with Gasteiger partial charge in [0.1, 0.15) is 5.75 Å². The molecule has 7 heteroatoms. The Kier molecular flexibility index (Phi) is 7.38. The van der Waals surface area contributed by atoms with Gasteiger partial charge in [-0.3, -0.25) is 4.99 Å². The van der Waals surface area contributed by atoms with Crippen molar-refractivity contribution < 1.29 is 14.6 Å². The van der Waals surface area contributed by atoms with E-state index in [1.165, 1.54) is 0 Å². The Morgan fingerprint density at radius 1 is 1.15 bits per heavy atom. The largest absolute Gasteiger partial charge is 0.508 e. The average molecular weight is 469 g/mol. The van der Waals surface area contributed by atoms with Crippen LogP contribution < -0.4 is 14.8 Å². The molecule has 6 nitrogen and oxygen atoms in total. The molecule has 2 aromatic rings. The fraction of sp³-hybridized carbons (Fsp3) is 0.316. The Labute approximate surface area is 170 Å². The number of phenolic OH excluding ortho intramolecular Hbond substituents is 1. The van der Waals surface area contributed by atoms with Crippen LogP contribution in [0.1, 0.15) is 11.1 Å². The molecule has 0 atom stereocenters. The van der Waals surface area contributed by atoms with Gasteiger partial charge in [0.2, 0.25) is 6.79 Å². The molecule has 0 radical (unpaired) electrons. The Hall–Kier alpha value is -2.16. The number of phenols is 1. The van der Waals surface area contributed by atoms with E-state index in [1.807, 2.05) is 37.4 Å². The SMILES string of the molecule is CN=C(NCCc1cccc(O)c1)N(C)Cc1ccc2c(c1)OCO2.I. The number of aromatic hydroxyl groups is 1. The summed E-state index contributed by atoms with van der Waals surface area (Å²) in [5.41, 5.74) is 2.21. The van der Waals surface area contributed by atoms with Crippen LogP contribution in [0.25, 0.3) is 0 Å². The number of nitrogens with zero attached hydrogens (tertiary/aromatic N) is 2. The molecule has 0 unspecified atom stereocenters. The highest BCUT2D eigenvalue weighted by atomic mass is 127. The first-order chi connectivity index (χ1) is 12.2. The fourth-order valence-electron chi connectivity index (χ4n) is 2.80. The van der Waals surface area contributed by atoms with Gasteiger partial charge in [0.05, 0.1) is 0 Å². The summed E-state index contributed by atoms with van der Waals surface area (Å²) in [6, 6.07) is 13.3. The van der Waals surface area contributed by atoms with Crippen LogP contribution in [0.3, 0.4) is 0 Å². The second kappa shape index (κ2) is 9.51. The lowest BCUT2D eigenvalue weighted by Crippen LogP contribution is -2.39. The van der Waals surface area contributed by atoms with Gasteiger partial charge in [0.25, 0.3) is 0 Å². The molecule has 0 fully saturated rings. The molecule has 0 bridgehead atoms. The second-order valence-corrected chi connectivity index (χ2v) is 5.94. The molecule has 140 valence electrons. The number of ether oxygens (including phenoxy) is 2. The van der Waals surface area contributed by atoms with Crippen molar-refractivity contribution in [2.75, 3.05) is 27.4 Å². The molecule has 0 saturated carbocycles. The molecule has 2 N–H and O–H groups in total. The minimum atomic E-state index is 0. The first-order valence-corrected chi connectivity index (χ1v) is 8.24. The van der Waals surface area contributed by atoms with Gasteiger partial charge >= 0.3 is 0 Å². The number of rotatable bonds is 5. The molecule has 26 heavy (non-hydrogen) atoms. The number of fused-ring (bicyclic) bond motifs is 1. The first kappa shape index (κ1) is 20.2. The van der Waals surface area contributed by atoms with Gasteiger partial charge < -0.3 is 24.8 Å². The van der Waals surface area contributed by atoms with Gasteiger partial charge in [-0.2, -0.15) is 0 Å². The van der Waals surface area contributed by atoms with E-state index >= 15 is 0 Å².